The van der Waals surface area contributed by atoms with Crippen LogP contribution in [-0.2, 0) is 0 Å². The highest BCUT2D eigenvalue weighted by Gasteiger charge is 2.40. The molecular formula is C24H26N2O3. The van der Waals surface area contributed by atoms with E-state index in [4.69, 9.17) is 4.74 Å². The number of phenolic OH excluding ortho intramolecular Hbond substituents is 1. The molecule has 3 unspecified atom stereocenters. The van der Waals surface area contributed by atoms with Crippen molar-refractivity contribution in [1.29, 1.82) is 0 Å². The van der Waals surface area contributed by atoms with E-state index in [-0.39, 0.29) is 23.6 Å². The molecule has 0 aromatic heterocycles. The molecule has 5 heteroatoms. The Morgan fingerprint density at radius 1 is 1.21 bits per heavy atom. The zero-order chi connectivity index (χ0) is 20.0. The van der Waals surface area contributed by atoms with Crippen LogP contribution >= 0.6 is 0 Å². The van der Waals surface area contributed by atoms with Crippen molar-refractivity contribution in [2.45, 2.75) is 31.2 Å². The van der Waals surface area contributed by atoms with Crippen LogP contribution in [0.5, 0.6) is 11.5 Å². The van der Waals surface area contributed by atoms with Gasteiger partial charge in [-0.1, -0.05) is 30.4 Å². The molecule has 5 rings (SSSR count). The number of benzene rings is 2. The molecule has 1 amide bonds. The zero-order valence-electron chi connectivity index (χ0n) is 16.6. The molecule has 2 heterocycles. The normalized spacial score (nSPS) is 24.7. The average Bonchev–Trinajstić information content (AvgIpc) is 3.44. The Bertz CT molecular complexity index is 978. The maximum Gasteiger partial charge on any atom is 0.255 e. The minimum Gasteiger partial charge on any atom is -0.504 e. The molecule has 0 bridgehead atoms. The molecule has 3 atom stereocenters. The second-order valence-corrected chi connectivity index (χ2v) is 8.18. The fraction of sp³-hybridized carbons (Fsp3) is 0.375. The van der Waals surface area contributed by atoms with E-state index < -0.39 is 0 Å². The van der Waals surface area contributed by atoms with E-state index in [0.29, 0.717) is 11.7 Å². The van der Waals surface area contributed by atoms with Gasteiger partial charge in [-0.3, -0.25) is 4.79 Å². The van der Waals surface area contributed by atoms with E-state index in [9.17, 15) is 9.90 Å². The minimum atomic E-state index is 0.0202. The van der Waals surface area contributed by atoms with E-state index in [1.807, 2.05) is 23.1 Å². The van der Waals surface area contributed by atoms with Gasteiger partial charge in [-0.25, -0.2) is 0 Å². The van der Waals surface area contributed by atoms with Crippen LogP contribution in [0.25, 0.3) is 0 Å². The van der Waals surface area contributed by atoms with E-state index >= 15 is 0 Å². The van der Waals surface area contributed by atoms with Crippen LogP contribution in [0, 0.1) is 5.92 Å². The van der Waals surface area contributed by atoms with Gasteiger partial charge in [0.15, 0.2) is 11.5 Å². The number of nitrogens with one attached hydrogen (secondary N) is 1. The van der Waals surface area contributed by atoms with E-state index in [1.165, 1.54) is 5.56 Å². The van der Waals surface area contributed by atoms with E-state index in [2.05, 4.69) is 23.5 Å². The van der Waals surface area contributed by atoms with Gasteiger partial charge in [-0.05, 0) is 54.5 Å². The third kappa shape index (κ3) is 2.96. The second-order valence-electron chi connectivity index (χ2n) is 8.18. The number of rotatable bonds is 3. The van der Waals surface area contributed by atoms with Crippen LogP contribution in [0.4, 0.5) is 5.69 Å². The topological polar surface area (TPSA) is 61.8 Å². The summed E-state index contributed by atoms with van der Waals surface area (Å²) < 4.78 is 5.20. The molecule has 0 radical (unpaired) electrons. The van der Waals surface area contributed by atoms with E-state index in [1.54, 1.807) is 19.2 Å². The fourth-order valence-electron chi connectivity index (χ4n) is 5.12. The predicted molar refractivity (Wildman–Crippen MR) is 113 cm³/mol. The fourth-order valence-corrected chi connectivity index (χ4v) is 5.12. The van der Waals surface area contributed by atoms with Crippen molar-refractivity contribution in [3.63, 3.8) is 0 Å². The smallest absolute Gasteiger partial charge is 0.255 e. The number of allylic oxidation sites excluding steroid dienone is 2. The van der Waals surface area contributed by atoms with Gasteiger partial charge in [0.1, 0.15) is 0 Å². The Morgan fingerprint density at radius 3 is 2.79 bits per heavy atom. The summed E-state index contributed by atoms with van der Waals surface area (Å²) in [6.07, 6.45) is 7.63. The number of aromatic hydroxyl groups is 1. The molecule has 3 aliphatic rings. The van der Waals surface area contributed by atoms with Gasteiger partial charge in [0.2, 0.25) is 0 Å². The van der Waals surface area contributed by atoms with Crippen LogP contribution < -0.4 is 10.1 Å². The number of nitrogens with zero attached hydrogens (tertiary/aromatic N) is 1. The van der Waals surface area contributed by atoms with Gasteiger partial charge in [0.05, 0.1) is 24.4 Å². The third-order valence-electron chi connectivity index (χ3n) is 6.58. The van der Waals surface area contributed by atoms with E-state index in [0.717, 1.165) is 49.2 Å². The lowest BCUT2D eigenvalue weighted by molar-refractivity contribution is 0.0793. The Hall–Kier alpha value is -2.95. The summed E-state index contributed by atoms with van der Waals surface area (Å²) in [5, 5.41) is 14.0. The number of phenols is 1. The van der Waals surface area contributed by atoms with Crippen LogP contribution in [0.2, 0.25) is 0 Å². The SMILES string of the molecule is COc1ccc(C2Nc3c(C(=O)N4CCCC4)cccc3C3C=CCC32)cc1O. The first-order chi connectivity index (χ1) is 14.2. The number of para-hydroxylation sites is 1. The Labute approximate surface area is 171 Å². The Balaban J connectivity index is 1.56. The largest absolute Gasteiger partial charge is 0.504 e. The lowest BCUT2D eigenvalue weighted by Crippen LogP contribution is -2.33. The molecule has 1 saturated heterocycles. The lowest BCUT2D eigenvalue weighted by Gasteiger charge is -2.38. The molecule has 2 aromatic rings. The molecule has 5 nitrogen and oxygen atoms in total. The van der Waals surface area contributed by atoms with Crippen molar-refractivity contribution in [2.75, 3.05) is 25.5 Å². The number of amides is 1. The summed E-state index contributed by atoms with van der Waals surface area (Å²) in [7, 11) is 1.55. The number of fused-ring (bicyclic) bond motifs is 3. The summed E-state index contributed by atoms with van der Waals surface area (Å²) in [6.45, 7) is 1.68. The Morgan fingerprint density at radius 2 is 2.03 bits per heavy atom. The molecule has 0 spiro atoms. The van der Waals surface area contributed by atoms with Crippen molar-refractivity contribution in [3.8, 4) is 11.5 Å². The van der Waals surface area contributed by atoms with Crippen LogP contribution in [0.1, 0.15) is 52.7 Å². The number of methoxy groups -OCH3 is 1. The van der Waals surface area contributed by atoms with Gasteiger partial charge in [-0.15, -0.1) is 0 Å². The zero-order valence-corrected chi connectivity index (χ0v) is 16.6. The van der Waals surface area contributed by atoms with Crippen molar-refractivity contribution >= 4 is 11.6 Å². The number of hydrogen-bond acceptors (Lipinski definition) is 4. The Kier molecular flexibility index (Phi) is 4.46. The first-order valence-corrected chi connectivity index (χ1v) is 10.4. The number of likely N-dealkylation sites (tertiary alicyclic amines) is 1. The maximum atomic E-state index is 13.2. The highest BCUT2D eigenvalue weighted by Crippen LogP contribution is 2.51. The summed E-state index contributed by atoms with van der Waals surface area (Å²) in [6, 6.07) is 11.7. The molecule has 150 valence electrons. The molecule has 0 saturated carbocycles. The number of hydrogen-bond donors (Lipinski definition) is 2. The van der Waals surface area contributed by atoms with Gasteiger partial charge >= 0.3 is 0 Å². The molecule has 29 heavy (non-hydrogen) atoms. The predicted octanol–water partition coefficient (Wildman–Crippen LogP) is 4.46. The van der Waals surface area contributed by atoms with Crippen LogP contribution in [-0.4, -0.2) is 36.1 Å². The van der Waals surface area contributed by atoms with Crippen molar-refractivity contribution < 1.29 is 14.6 Å². The van der Waals surface area contributed by atoms with Gasteiger partial charge in [0, 0.05) is 19.0 Å². The molecule has 2 N–H and O–H groups in total. The second kappa shape index (κ2) is 7.14. The molecule has 1 aliphatic carbocycles. The highest BCUT2D eigenvalue weighted by atomic mass is 16.5. The average molecular weight is 390 g/mol. The quantitative estimate of drug-likeness (QED) is 0.760. The van der Waals surface area contributed by atoms with Gasteiger partial charge < -0.3 is 20.1 Å². The summed E-state index contributed by atoms with van der Waals surface area (Å²) in [5.74, 6) is 1.35. The molecule has 1 fully saturated rings. The minimum absolute atomic E-state index is 0.0202. The summed E-state index contributed by atoms with van der Waals surface area (Å²) in [4.78, 5) is 15.2. The third-order valence-corrected chi connectivity index (χ3v) is 6.58. The van der Waals surface area contributed by atoms with Gasteiger partial charge in [0.25, 0.3) is 5.91 Å². The van der Waals surface area contributed by atoms with Crippen molar-refractivity contribution in [1.82, 2.24) is 4.90 Å². The lowest BCUT2D eigenvalue weighted by atomic mass is 9.76. The molecular weight excluding hydrogens is 364 g/mol. The van der Waals surface area contributed by atoms with Crippen molar-refractivity contribution in [2.24, 2.45) is 5.92 Å². The van der Waals surface area contributed by atoms with Crippen molar-refractivity contribution in [3.05, 3.63) is 65.2 Å². The number of carbonyl (C=O) groups excluding carboxylic acids is 1. The maximum absolute atomic E-state index is 13.2. The molecule has 2 aromatic carbocycles. The summed E-state index contributed by atoms with van der Waals surface area (Å²) in [5.41, 5.74) is 3.90. The van der Waals surface area contributed by atoms with Gasteiger partial charge in [-0.2, -0.15) is 0 Å². The summed E-state index contributed by atoms with van der Waals surface area (Å²) >= 11 is 0. The first kappa shape index (κ1) is 18.1. The number of carbonyl (C=O) groups is 1. The highest BCUT2D eigenvalue weighted by molar-refractivity contribution is 6.01. The standard InChI is InChI=1S/C24H26N2O3/c1-29-21-11-10-15(14-20(21)27)22-17-7-4-6-16(17)18-8-5-9-19(23(18)25-22)24(28)26-12-2-3-13-26/h4-6,8-11,14,16-17,22,25,27H,2-3,7,12-13H2,1H3. The van der Waals surface area contributed by atoms with Crippen LogP contribution in [0.3, 0.4) is 0 Å². The first-order valence-electron chi connectivity index (χ1n) is 10.4. The monoisotopic (exact) mass is 390 g/mol. The molecule has 2 aliphatic heterocycles. The number of anilines is 1. The number of ether oxygens (including phenoxy) is 1. The van der Waals surface area contributed by atoms with Crippen LogP contribution in [0.15, 0.2) is 48.6 Å².